The molecule has 0 aromatic rings. The number of hydrogen-bond acceptors (Lipinski definition) is 4. The summed E-state index contributed by atoms with van der Waals surface area (Å²) in [6.07, 6.45) is 12.2. The van der Waals surface area contributed by atoms with Gasteiger partial charge in [0.05, 0.1) is 18.6 Å². The smallest absolute Gasteiger partial charge is 0.548 e. The number of carbonyl (C=O) groups excluding carboxylic acids is 2. The number of aliphatic hydroxyl groups excluding tert-OH is 1. The predicted molar refractivity (Wildman–Crippen MR) is 118 cm³/mol. The fraction of sp³-hybridized carbons (Fsp3) is 0.923. The summed E-state index contributed by atoms with van der Waals surface area (Å²) in [6, 6.07) is 0. The number of hydrogen-bond donors (Lipinski definition) is 2. The quantitative estimate of drug-likeness (QED) is 0.564. The zero-order valence-electron chi connectivity index (χ0n) is 20.7. The normalized spacial score (nSPS) is 43.8. The molecule has 0 spiro atoms. The third kappa shape index (κ3) is 4.83. The molecule has 4 saturated carbocycles. The molecule has 32 heavy (non-hydrogen) atoms. The van der Waals surface area contributed by atoms with E-state index in [1.54, 1.807) is 0 Å². The second kappa shape index (κ2) is 10.3. The molecule has 0 saturated heterocycles. The van der Waals surface area contributed by atoms with Gasteiger partial charge >= 0.3 is 29.6 Å². The van der Waals surface area contributed by atoms with E-state index in [1.807, 2.05) is 0 Å². The molecular weight excluding hydrogens is 413 g/mol. The number of carbonyl (C=O) groups is 2. The Morgan fingerprint density at radius 3 is 2.44 bits per heavy atom. The Bertz CT molecular complexity index is 701. The zero-order chi connectivity index (χ0) is 22.4. The molecule has 0 heterocycles. The standard InChI is InChI=1S/C26H43NO4.Na/c1-16(4-9-23(29)27-15-24(30)31)20-7-8-21-19-6-5-17-14-18(28)10-12-25(17,2)22(19)11-13-26(20,21)3;/h16-22,28H,4-15H2,1-3H3,(H,27,29)(H,30,31);/q;+1/p-1. The molecular formula is C26H42NNaO4. The van der Waals surface area contributed by atoms with Gasteiger partial charge in [-0.05, 0) is 111 Å². The van der Waals surface area contributed by atoms with Crippen LogP contribution in [0, 0.1) is 46.3 Å². The van der Waals surface area contributed by atoms with Crippen LogP contribution in [0.4, 0.5) is 0 Å². The fourth-order valence-corrected chi connectivity index (χ4v) is 9.03. The first kappa shape index (κ1) is 26.5. The van der Waals surface area contributed by atoms with E-state index in [1.165, 1.54) is 44.9 Å². The van der Waals surface area contributed by atoms with Crippen molar-refractivity contribution in [1.82, 2.24) is 5.32 Å². The zero-order valence-corrected chi connectivity index (χ0v) is 22.7. The molecule has 5 nitrogen and oxygen atoms in total. The number of carboxylic acid groups (broad SMARTS) is 1. The summed E-state index contributed by atoms with van der Waals surface area (Å²) in [7, 11) is 0. The number of aliphatic carboxylic acids is 1. The second-order valence-corrected chi connectivity index (χ2v) is 12.0. The molecule has 4 aliphatic carbocycles. The van der Waals surface area contributed by atoms with E-state index in [2.05, 4.69) is 26.1 Å². The Hall–Kier alpha value is -0.100. The summed E-state index contributed by atoms with van der Waals surface area (Å²) in [5.41, 5.74) is 0.795. The van der Waals surface area contributed by atoms with Gasteiger partial charge in [0.2, 0.25) is 5.91 Å². The minimum Gasteiger partial charge on any atom is -0.548 e. The summed E-state index contributed by atoms with van der Waals surface area (Å²) in [5.74, 6) is 2.89. The molecule has 4 aliphatic rings. The van der Waals surface area contributed by atoms with Crippen molar-refractivity contribution in [3.05, 3.63) is 0 Å². The van der Waals surface area contributed by atoms with Gasteiger partial charge in [-0.25, -0.2) is 0 Å². The molecule has 4 fully saturated rings. The van der Waals surface area contributed by atoms with Crippen molar-refractivity contribution in [1.29, 1.82) is 0 Å². The van der Waals surface area contributed by atoms with Gasteiger partial charge in [0.1, 0.15) is 0 Å². The Morgan fingerprint density at radius 1 is 1.03 bits per heavy atom. The Labute approximate surface area is 216 Å². The third-order valence-corrected chi connectivity index (χ3v) is 10.7. The average Bonchev–Trinajstić information content (AvgIpc) is 3.08. The van der Waals surface area contributed by atoms with Crippen LogP contribution in [0.25, 0.3) is 0 Å². The summed E-state index contributed by atoms with van der Waals surface area (Å²) in [5, 5.41) is 23.2. The van der Waals surface area contributed by atoms with E-state index in [0.29, 0.717) is 35.0 Å². The van der Waals surface area contributed by atoms with Crippen LogP contribution < -0.4 is 40.0 Å². The van der Waals surface area contributed by atoms with Gasteiger partial charge in [-0.1, -0.05) is 20.8 Å². The molecule has 0 aromatic carbocycles. The van der Waals surface area contributed by atoms with Crippen LogP contribution >= 0.6 is 0 Å². The summed E-state index contributed by atoms with van der Waals surface area (Å²) >= 11 is 0. The van der Waals surface area contributed by atoms with Gasteiger partial charge in [-0.3, -0.25) is 4.79 Å². The second-order valence-electron chi connectivity index (χ2n) is 12.0. The van der Waals surface area contributed by atoms with Crippen LogP contribution in [0.2, 0.25) is 0 Å². The summed E-state index contributed by atoms with van der Waals surface area (Å²) < 4.78 is 0. The van der Waals surface area contributed by atoms with Crippen molar-refractivity contribution in [3.8, 4) is 0 Å². The Kier molecular flexibility index (Phi) is 8.49. The van der Waals surface area contributed by atoms with E-state index in [0.717, 1.165) is 37.0 Å². The van der Waals surface area contributed by atoms with E-state index in [-0.39, 0.29) is 41.6 Å². The fourth-order valence-electron chi connectivity index (χ4n) is 9.03. The first-order valence-electron chi connectivity index (χ1n) is 12.8. The van der Waals surface area contributed by atoms with E-state index in [4.69, 9.17) is 0 Å². The first-order valence-corrected chi connectivity index (χ1v) is 12.8. The average molecular weight is 456 g/mol. The summed E-state index contributed by atoms with van der Waals surface area (Å²) in [4.78, 5) is 22.5. The van der Waals surface area contributed by atoms with E-state index in [9.17, 15) is 19.8 Å². The van der Waals surface area contributed by atoms with Crippen LogP contribution in [-0.4, -0.2) is 29.6 Å². The maximum atomic E-state index is 12.0. The summed E-state index contributed by atoms with van der Waals surface area (Å²) in [6.45, 7) is 6.99. The van der Waals surface area contributed by atoms with Crippen LogP contribution in [0.3, 0.4) is 0 Å². The minimum atomic E-state index is -1.24. The van der Waals surface area contributed by atoms with Crippen LogP contribution in [0.15, 0.2) is 0 Å². The SMILES string of the molecule is CC(CCC(=O)NCC(=O)[O-])C1CCC2C3CCC4CC(O)CCC4(C)C3CCC12C.[Na+]. The predicted octanol–water partition coefficient (Wildman–Crippen LogP) is 0.293. The van der Waals surface area contributed by atoms with Crippen molar-refractivity contribution in [3.63, 3.8) is 0 Å². The van der Waals surface area contributed by atoms with Crippen molar-refractivity contribution >= 4 is 11.9 Å². The van der Waals surface area contributed by atoms with Gasteiger partial charge in [0.15, 0.2) is 0 Å². The van der Waals surface area contributed by atoms with Crippen molar-refractivity contribution in [2.45, 2.75) is 97.5 Å². The molecule has 0 aliphatic heterocycles. The van der Waals surface area contributed by atoms with E-state index < -0.39 is 12.5 Å². The van der Waals surface area contributed by atoms with Crippen LogP contribution in [-0.2, 0) is 9.59 Å². The number of carboxylic acids is 1. The maximum absolute atomic E-state index is 12.0. The molecule has 176 valence electrons. The topological polar surface area (TPSA) is 89.5 Å². The maximum Gasteiger partial charge on any atom is 1.00 e. The minimum absolute atomic E-state index is 0. The first-order chi connectivity index (χ1) is 14.6. The third-order valence-electron chi connectivity index (χ3n) is 10.7. The van der Waals surface area contributed by atoms with Crippen molar-refractivity contribution < 1.29 is 49.4 Å². The van der Waals surface area contributed by atoms with Gasteiger partial charge in [-0.15, -0.1) is 0 Å². The molecule has 0 radical (unpaired) electrons. The molecule has 2 N–H and O–H groups in total. The van der Waals surface area contributed by atoms with Crippen molar-refractivity contribution in [2.75, 3.05) is 6.54 Å². The number of aliphatic hydroxyl groups is 1. The molecule has 0 bridgehead atoms. The largest absolute Gasteiger partial charge is 1.00 e. The van der Waals surface area contributed by atoms with Gasteiger partial charge in [0, 0.05) is 6.42 Å². The van der Waals surface area contributed by atoms with Gasteiger partial charge in [0.25, 0.3) is 0 Å². The number of fused-ring (bicyclic) bond motifs is 5. The number of rotatable bonds is 6. The molecule has 0 aromatic heterocycles. The van der Waals surface area contributed by atoms with Crippen LogP contribution in [0.1, 0.15) is 91.4 Å². The molecule has 4 rings (SSSR count). The molecule has 9 atom stereocenters. The Balaban J connectivity index is 0.00000289. The van der Waals surface area contributed by atoms with Crippen LogP contribution in [0.5, 0.6) is 0 Å². The molecule has 6 heteroatoms. The monoisotopic (exact) mass is 455 g/mol. The van der Waals surface area contributed by atoms with E-state index >= 15 is 0 Å². The Morgan fingerprint density at radius 2 is 1.72 bits per heavy atom. The number of nitrogens with one attached hydrogen (secondary N) is 1. The van der Waals surface area contributed by atoms with Crippen molar-refractivity contribution in [2.24, 2.45) is 46.3 Å². The van der Waals surface area contributed by atoms with Gasteiger partial charge < -0.3 is 20.3 Å². The molecule has 9 unspecified atom stereocenters. The molecule has 1 amide bonds. The number of amides is 1. The van der Waals surface area contributed by atoms with Gasteiger partial charge in [-0.2, -0.15) is 0 Å².